The molecule has 0 amide bonds. The molecule has 0 saturated carbocycles. The second-order valence-electron chi connectivity index (χ2n) is 4.01. The highest BCUT2D eigenvalue weighted by Crippen LogP contribution is 2.30. The second-order valence-corrected chi connectivity index (χ2v) is 17.7. The highest BCUT2D eigenvalue weighted by Gasteiger charge is 2.27. The van der Waals surface area contributed by atoms with Crippen molar-refractivity contribution in [3.05, 3.63) is 0 Å². The lowest BCUT2D eigenvalue weighted by atomic mass is 10.3. The maximum absolute atomic E-state index is 6.29. The van der Waals surface area contributed by atoms with Gasteiger partial charge >= 0.3 is 0 Å². The molecule has 56 valence electrons. The van der Waals surface area contributed by atoms with Gasteiger partial charge in [0.15, 0.2) is 0 Å². The van der Waals surface area contributed by atoms with Crippen LogP contribution in [0.1, 0.15) is 20.8 Å². The standard InChI is InChI=1S/C6H17ClSi2/c1-6(2,3)9(7)8(4)5/h8-9H,1-5H3. The van der Waals surface area contributed by atoms with E-state index in [-0.39, 0.29) is 0 Å². The molecule has 1 atom stereocenters. The number of halogens is 1. The highest BCUT2D eigenvalue weighted by atomic mass is 35.6. The first-order valence-electron chi connectivity index (χ1n) is 3.49. The lowest BCUT2D eigenvalue weighted by molar-refractivity contribution is 0.757. The van der Waals surface area contributed by atoms with E-state index < -0.39 is 15.9 Å². The first-order chi connectivity index (χ1) is 3.85. The van der Waals surface area contributed by atoms with Gasteiger partial charge in [-0.05, 0) is 5.04 Å². The summed E-state index contributed by atoms with van der Waals surface area (Å²) in [6.07, 6.45) is 0. The second kappa shape index (κ2) is 3.21. The number of rotatable bonds is 1. The van der Waals surface area contributed by atoms with Crippen molar-refractivity contribution in [2.24, 2.45) is 0 Å². The van der Waals surface area contributed by atoms with Crippen LogP contribution in [0.2, 0.25) is 18.1 Å². The highest BCUT2D eigenvalue weighted by molar-refractivity contribution is 7.43. The average Bonchev–Trinajstić information content (AvgIpc) is 1.62. The molecule has 0 aliphatic carbocycles. The predicted octanol–water partition coefficient (Wildman–Crippen LogP) is 2.31. The maximum atomic E-state index is 6.29. The summed E-state index contributed by atoms with van der Waals surface area (Å²) < 4.78 is 0. The fourth-order valence-electron chi connectivity index (χ4n) is 1.00. The van der Waals surface area contributed by atoms with Gasteiger partial charge in [-0.1, -0.05) is 33.9 Å². The van der Waals surface area contributed by atoms with Crippen molar-refractivity contribution in [1.29, 1.82) is 0 Å². The van der Waals surface area contributed by atoms with Crippen LogP contribution in [0.5, 0.6) is 0 Å². The summed E-state index contributed by atoms with van der Waals surface area (Å²) in [4.78, 5) is 0. The van der Waals surface area contributed by atoms with Crippen LogP contribution >= 0.6 is 11.1 Å². The Hall–Kier alpha value is 0.724. The fourth-order valence-corrected chi connectivity index (χ4v) is 9.00. The molecule has 0 N–H and O–H groups in total. The van der Waals surface area contributed by atoms with Gasteiger partial charge in [0, 0.05) is 8.31 Å². The van der Waals surface area contributed by atoms with Crippen LogP contribution in [0.15, 0.2) is 0 Å². The van der Waals surface area contributed by atoms with Crippen molar-refractivity contribution >= 4 is 27.0 Å². The van der Waals surface area contributed by atoms with Gasteiger partial charge in [0.2, 0.25) is 0 Å². The molecule has 0 aromatic heterocycles. The smallest absolute Gasteiger partial charge is 0.133 e. The first kappa shape index (κ1) is 9.72. The third-order valence-electron chi connectivity index (χ3n) is 1.41. The molecule has 0 saturated heterocycles. The zero-order valence-electron chi connectivity index (χ0n) is 7.03. The Morgan fingerprint density at radius 2 is 1.44 bits per heavy atom. The minimum Gasteiger partial charge on any atom is -0.175 e. The molecule has 0 heterocycles. The summed E-state index contributed by atoms with van der Waals surface area (Å²) in [5, 5.41) is 0.446. The van der Waals surface area contributed by atoms with Crippen molar-refractivity contribution < 1.29 is 0 Å². The molecular formula is C6H17ClSi2. The molecule has 0 rings (SSSR count). The van der Waals surface area contributed by atoms with Gasteiger partial charge in [-0.25, -0.2) is 0 Å². The van der Waals surface area contributed by atoms with Gasteiger partial charge in [0.1, 0.15) is 7.62 Å². The van der Waals surface area contributed by atoms with Crippen molar-refractivity contribution in [1.82, 2.24) is 0 Å². The van der Waals surface area contributed by atoms with Crippen LogP contribution in [-0.2, 0) is 0 Å². The molecule has 0 aliphatic heterocycles. The van der Waals surface area contributed by atoms with Crippen LogP contribution in [0, 0.1) is 0 Å². The molecule has 0 aromatic rings. The van der Waals surface area contributed by atoms with Crippen molar-refractivity contribution in [3.8, 4) is 0 Å². The molecule has 0 radical (unpaired) electrons. The molecule has 0 aliphatic rings. The normalized spacial score (nSPS) is 16.3. The Morgan fingerprint density at radius 1 is 1.11 bits per heavy atom. The monoisotopic (exact) mass is 180 g/mol. The molecular weight excluding hydrogens is 164 g/mol. The molecule has 0 spiro atoms. The van der Waals surface area contributed by atoms with E-state index in [9.17, 15) is 0 Å². The summed E-state index contributed by atoms with van der Waals surface area (Å²) in [6, 6.07) is 0. The Morgan fingerprint density at radius 3 is 1.44 bits per heavy atom. The Bertz CT molecular complexity index is 85.5. The summed E-state index contributed by atoms with van der Waals surface area (Å²) in [6.45, 7) is 11.5. The average molecular weight is 181 g/mol. The zero-order valence-corrected chi connectivity index (χ0v) is 10.1. The van der Waals surface area contributed by atoms with Crippen molar-refractivity contribution in [2.45, 2.75) is 38.9 Å². The van der Waals surface area contributed by atoms with Gasteiger partial charge in [0.05, 0.1) is 0 Å². The van der Waals surface area contributed by atoms with E-state index >= 15 is 0 Å². The Kier molecular flexibility index (Phi) is 3.47. The van der Waals surface area contributed by atoms with Crippen LogP contribution in [0.25, 0.3) is 0 Å². The third kappa shape index (κ3) is 3.43. The summed E-state index contributed by atoms with van der Waals surface area (Å²) in [5.41, 5.74) is 0. The lowest BCUT2D eigenvalue weighted by Gasteiger charge is -2.25. The van der Waals surface area contributed by atoms with E-state index in [1.54, 1.807) is 0 Å². The van der Waals surface area contributed by atoms with E-state index in [1.807, 2.05) is 0 Å². The summed E-state index contributed by atoms with van der Waals surface area (Å²) in [7, 11) is -1.34. The van der Waals surface area contributed by atoms with Gasteiger partial charge in [0.25, 0.3) is 0 Å². The summed E-state index contributed by atoms with van der Waals surface area (Å²) >= 11 is 6.29. The molecule has 3 heteroatoms. The van der Waals surface area contributed by atoms with Crippen LogP contribution in [-0.4, -0.2) is 15.9 Å². The first-order valence-corrected chi connectivity index (χ1v) is 10.8. The minimum atomic E-state index is -0.853. The van der Waals surface area contributed by atoms with Crippen molar-refractivity contribution in [3.63, 3.8) is 0 Å². The van der Waals surface area contributed by atoms with Crippen molar-refractivity contribution in [2.75, 3.05) is 0 Å². The van der Waals surface area contributed by atoms with E-state index in [0.717, 1.165) is 0 Å². The lowest BCUT2D eigenvalue weighted by Crippen LogP contribution is -2.33. The minimum absolute atomic E-state index is 0.446. The number of hydrogen-bond acceptors (Lipinski definition) is 0. The van der Waals surface area contributed by atoms with Gasteiger partial charge in [-0.2, -0.15) is 11.1 Å². The topological polar surface area (TPSA) is 0 Å². The molecule has 0 aromatic carbocycles. The Balaban J connectivity index is 3.88. The van der Waals surface area contributed by atoms with E-state index in [1.165, 1.54) is 0 Å². The van der Waals surface area contributed by atoms with E-state index in [4.69, 9.17) is 11.1 Å². The quantitative estimate of drug-likeness (QED) is 0.430. The molecule has 9 heavy (non-hydrogen) atoms. The maximum Gasteiger partial charge on any atom is 0.133 e. The molecule has 0 bridgehead atoms. The van der Waals surface area contributed by atoms with Crippen LogP contribution < -0.4 is 0 Å². The predicted molar refractivity (Wildman–Crippen MR) is 51.6 cm³/mol. The van der Waals surface area contributed by atoms with Gasteiger partial charge in [-0.15, -0.1) is 0 Å². The zero-order chi connectivity index (χ0) is 7.65. The SMILES string of the molecule is C[SiH](C)[SiH](Cl)C(C)(C)C. The Labute approximate surface area is 66.3 Å². The number of hydrogen-bond donors (Lipinski definition) is 0. The van der Waals surface area contributed by atoms with Gasteiger partial charge < -0.3 is 0 Å². The molecule has 1 unspecified atom stereocenters. The molecule has 0 nitrogen and oxygen atoms in total. The molecule has 0 fully saturated rings. The van der Waals surface area contributed by atoms with Crippen LogP contribution in [0.4, 0.5) is 0 Å². The summed E-state index contributed by atoms with van der Waals surface area (Å²) in [5.74, 6) is 0. The van der Waals surface area contributed by atoms with E-state index in [2.05, 4.69) is 33.9 Å². The fraction of sp³-hybridized carbons (Fsp3) is 1.00. The largest absolute Gasteiger partial charge is 0.175 e. The third-order valence-corrected chi connectivity index (χ3v) is 17.2. The van der Waals surface area contributed by atoms with Crippen LogP contribution in [0.3, 0.4) is 0 Å². The van der Waals surface area contributed by atoms with E-state index in [0.29, 0.717) is 5.04 Å². The van der Waals surface area contributed by atoms with Gasteiger partial charge in [-0.3, -0.25) is 0 Å².